The highest BCUT2D eigenvalue weighted by Gasteiger charge is 2.07. The van der Waals surface area contributed by atoms with Gasteiger partial charge in [-0.25, -0.2) is 0 Å². The number of H-pyrrole nitrogens is 1. The fraction of sp³-hybridized carbons (Fsp3) is 0.200. The molecule has 21 heavy (non-hydrogen) atoms. The molecule has 0 saturated heterocycles. The van der Waals surface area contributed by atoms with Crippen molar-refractivity contribution in [1.82, 2.24) is 15.1 Å². The van der Waals surface area contributed by atoms with Crippen molar-refractivity contribution in [1.29, 1.82) is 0 Å². The van der Waals surface area contributed by atoms with Crippen LogP contribution >= 0.6 is 15.9 Å². The van der Waals surface area contributed by atoms with E-state index in [0.29, 0.717) is 6.54 Å². The van der Waals surface area contributed by atoms with E-state index in [4.69, 9.17) is 4.74 Å². The summed E-state index contributed by atoms with van der Waals surface area (Å²) in [5.41, 5.74) is 1.80. The molecule has 0 aliphatic carbocycles. The van der Waals surface area contributed by atoms with Crippen LogP contribution in [0.15, 0.2) is 41.1 Å². The molecule has 0 fully saturated rings. The lowest BCUT2D eigenvalue weighted by Gasteiger charge is -2.13. The van der Waals surface area contributed by atoms with E-state index in [0.717, 1.165) is 21.3 Å². The molecule has 1 N–H and O–H groups in total. The molecule has 0 saturated carbocycles. The molecule has 0 radical (unpaired) electrons. The third kappa shape index (κ3) is 4.19. The predicted molar refractivity (Wildman–Crippen MR) is 84.8 cm³/mol. The molecular formula is C15H16BrN3O2. The van der Waals surface area contributed by atoms with E-state index >= 15 is 0 Å². The second kappa shape index (κ2) is 7.08. The lowest BCUT2D eigenvalue weighted by atomic mass is 10.2. The number of benzene rings is 1. The number of nitrogens with one attached hydrogen (secondary N) is 1. The first-order chi connectivity index (χ1) is 10.1. The number of ether oxygens (including phenoxy) is 1. The quantitative estimate of drug-likeness (QED) is 0.844. The third-order valence-corrected chi connectivity index (χ3v) is 3.44. The van der Waals surface area contributed by atoms with E-state index in [1.807, 2.05) is 18.2 Å². The van der Waals surface area contributed by atoms with E-state index in [1.165, 1.54) is 6.08 Å². The van der Waals surface area contributed by atoms with Gasteiger partial charge in [0.1, 0.15) is 5.75 Å². The van der Waals surface area contributed by atoms with Crippen LogP contribution in [0.1, 0.15) is 11.1 Å². The standard InChI is InChI=1S/C15H16BrN3O2/c1-19(10-11-8-17-18-9-11)15(20)6-3-12-7-13(16)4-5-14(12)21-2/h3-9H,10H2,1-2H3,(H,17,18). The van der Waals surface area contributed by atoms with Gasteiger partial charge in [0.05, 0.1) is 13.3 Å². The first kappa shape index (κ1) is 15.3. The van der Waals surface area contributed by atoms with Crippen molar-refractivity contribution in [3.8, 4) is 5.75 Å². The van der Waals surface area contributed by atoms with E-state index < -0.39 is 0 Å². The lowest BCUT2D eigenvalue weighted by Crippen LogP contribution is -2.23. The zero-order chi connectivity index (χ0) is 15.2. The zero-order valence-electron chi connectivity index (χ0n) is 11.8. The smallest absolute Gasteiger partial charge is 0.246 e. The van der Waals surface area contributed by atoms with E-state index in [-0.39, 0.29) is 5.91 Å². The number of aromatic amines is 1. The Morgan fingerprint density at radius 1 is 1.52 bits per heavy atom. The van der Waals surface area contributed by atoms with E-state index in [9.17, 15) is 4.79 Å². The minimum Gasteiger partial charge on any atom is -0.496 e. The summed E-state index contributed by atoms with van der Waals surface area (Å²) in [6.07, 6.45) is 6.75. The van der Waals surface area contributed by atoms with Crippen LogP contribution in [-0.2, 0) is 11.3 Å². The minimum atomic E-state index is -0.0850. The van der Waals surface area contributed by atoms with Gasteiger partial charge in [-0.2, -0.15) is 5.10 Å². The van der Waals surface area contributed by atoms with Crippen molar-refractivity contribution >= 4 is 27.9 Å². The highest BCUT2D eigenvalue weighted by atomic mass is 79.9. The molecule has 0 bridgehead atoms. The monoisotopic (exact) mass is 349 g/mol. The third-order valence-electron chi connectivity index (χ3n) is 2.95. The number of aromatic nitrogens is 2. The Hall–Kier alpha value is -2.08. The maximum atomic E-state index is 12.1. The molecule has 0 aliphatic heterocycles. The number of hydrogen-bond donors (Lipinski definition) is 1. The Kier molecular flexibility index (Phi) is 5.16. The van der Waals surface area contributed by atoms with Gasteiger partial charge in [0.2, 0.25) is 5.91 Å². The molecule has 1 amide bonds. The fourth-order valence-electron chi connectivity index (χ4n) is 1.84. The molecule has 2 rings (SSSR count). The van der Waals surface area contributed by atoms with Crippen LogP contribution in [0.25, 0.3) is 6.08 Å². The lowest BCUT2D eigenvalue weighted by molar-refractivity contribution is -0.125. The number of nitrogens with zero attached hydrogens (tertiary/aromatic N) is 2. The average Bonchev–Trinajstić information content (AvgIpc) is 2.97. The molecule has 0 unspecified atom stereocenters. The van der Waals surface area contributed by atoms with Crippen LogP contribution in [0.2, 0.25) is 0 Å². The number of hydrogen-bond acceptors (Lipinski definition) is 3. The normalized spacial score (nSPS) is 10.8. The van der Waals surface area contributed by atoms with Crippen molar-refractivity contribution in [2.45, 2.75) is 6.54 Å². The molecule has 1 aromatic heterocycles. The molecule has 1 heterocycles. The second-order valence-electron chi connectivity index (χ2n) is 4.52. The number of amides is 1. The predicted octanol–water partition coefficient (Wildman–Crippen LogP) is 2.85. The largest absolute Gasteiger partial charge is 0.496 e. The van der Waals surface area contributed by atoms with Crippen LogP contribution < -0.4 is 4.74 Å². The average molecular weight is 350 g/mol. The summed E-state index contributed by atoms with van der Waals surface area (Å²) in [4.78, 5) is 13.7. The Bertz CT molecular complexity index is 638. The van der Waals surface area contributed by atoms with Crippen LogP contribution in [-0.4, -0.2) is 35.2 Å². The summed E-state index contributed by atoms with van der Waals surface area (Å²) in [6.45, 7) is 0.509. The van der Waals surface area contributed by atoms with Gasteiger partial charge in [0.15, 0.2) is 0 Å². The first-order valence-electron chi connectivity index (χ1n) is 6.34. The highest BCUT2D eigenvalue weighted by molar-refractivity contribution is 9.10. The Balaban J connectivity index is 2.06. The summed E-state index contributed by atoms with van der Waals surface area (Å²) >= 11 is 3.41. The summed E-state index contributed by atoms with van der Waals surface area (Å²) in [5.74, 6) is 0.637. The fourth-order valence-corrected chi connectivity index (χ4v) is 2.22. The summed E-state index contributed by atoms with van der Waals surface area (Å²) in [6, 6.07) is 5.64. The maximum absolute atomic E-state index is 12.1. The van der Waals surface area contributed by atoms with Gasteiger partial charge in [-0.05, 0) is 24.3 Å². The van der Waals surface area contributed by atoms with Gasteiger partial charge in [-0.3, -0.25) is 9.89 Å². The topological polar surface area (TPSA) is 58.2 Å². The first-order valence-corrected chi connectivity index (χ1v) is 7.14. The number of carbonyl (C=O) groups is 1. The number of carbonyl (C=O) groups excluding carboxylic acids is 1. The van der Waals surface area contributed by atoms with Crippen molar-refractivity contribution in [3.05, 3.63) is 52.3 Å². The van der Waals surface area contributed by atoms with E-state index in [1.54, 1.807) is 37.5 Å². The van der Waals surface area contributed by atoms with Crippen LogP contribution in [0.3, 0.4) is 0 Å². The van der Waals surface area contributed by atoms with Crippen LogP contribution in [0.4, 0.5) is 0 Å². The minimum absolute atomic E-state index is 0.0850. The summed E-state index contributed by atoms with van der Waals surface area (Å²) < 4.78 is 6.20. The van der Waals surface area contributed by atoms with Gasteiger partial charge in [0.25, 0.3) is 0 Å². The molecule has 1 aromatic carbocycles. The van der Waals surface area contributed by atoms with Crippen molar-refractivity contribution < 1.29 is 9.53 Å². The second-order valence-corrected chi connectivity index (χ2v) is 5.44. The number of rotatable bonds is 5. The SMILES string of the molecule is COc1ccc(Br)cc1C=CC(=O)N(C)Cc1cn[nH]c1. The van der Waals surface area contributed by atoms with Gasteiger partial charge < -0.3 is 9.64 Å². The number of likely N-dealkylation sites (N-methyl/N-ethyl adjacent to an activating group) is 1. The molecular weight excluding hydrogens is 334 g/mol. The molecule has 5 nitrogen and oxygen atoms in total. The molecule has 0 atom stereocenters. The van der Waals surface area contributed by atoms with Gasteiger partial charge in [-0.15, -0.1) is 0 Å². The van der Waals surface area contributed by atoms with Gasteiger partial charge in [-0.1, -0.05) is 15.9 Å². The molecule has 6 heteroatoms. The molecule has 0 spiro atoms. The van der Waals surface area contributed by atoms with Crippen molar-refractivity contribution in [2.24, 2.45) is 0 Å². The van der Waals surface area contributed by atoms with Crippen molar-refractivity contribution in [3.63, 3.8) is 0 Å². The van der Waals surface area contributed by atoms with Gasteiger partial charge >= 0.3 is 0 Å². The Morgan fingerprint density at radius 2 is 2.33 bits per heavy atom. The van der Waals surface area contributed by atoms with Gasteiger partial charge in [0, 0.05) is 41.5 Å². The Labute approximate surface area is 131 Å². The molecule has 2 aromatic rings. The van der Waals surface area contributed by atoms with Crippen LogP contribution in [0, 0.1) is 0 Å². The number of methoxy groups -OCH3 is 1. The zero-order valence-corrected chi connectivity index (χ0v) is 13.4. The molecule has 110 valence electrons. The molecule has 0 aliphatic rings. The highest BCUT2D eigenvalue weighted by Crippen LogP contribution is 2.24. The van der Waals surface area contributed by atoms with Crippen LogP contribution in [0.5, 0.6) is 5.75 Å². The van der Waals surface area contributed by atoms with Crippen molar-refractivity contribution in [2.75, 3.05) is 14.2 Å². The van der Waals surface area contributed by atoms with E-state index in [2.05, 4.69) is 26.1 Å². The number of halogens is 1. The summed E-state index contributed by atoms with van der Waals surface area (Å²) in [5, 5.41) is 6.58. The maximum Gasteiger partial charge on any atom is 0.246 e. The summed E-state index contributed by atoms with van der Waals surface area (Å²) in [7, 11) is 3.35. The Morgan fingerprint density at radius 3 is 3.00 bits per heavy atom.